The number of rotatable bonds is 44. The molecule has 1 unspecified atom stereocenters. The Bertz CT molecular complexity index is 1330. The molecule has 0 fully saturated rings. The van der Waals surface area contributed by atoms with Crippen molar-refractivity contribution in [3.05, 3.63) is 109 Å². The van der Waals surface area contributed by atoms with E-state index in [4.69, 9.17) is 14.2 Å². The first-order valence-corrected chi connectivity index (χ1v) is 25.5. The van der Waals surface area contributed by atoms with Crippen LogP contribution in [0.1, 0.15) is 213 Å². The highest BCUT2D eigenvalue weighted by atomic mass is 16.6. The highest BCUT2D eigenvalue weighted by molar-refractivity contribution is 5.71. The molecule has 0 saturated heterocycles. The number of ether oxygens (including phenoxy) is 3. The van der Waals surface area contributed by atoms with Crippen molar-refractivity contribution in [2.24, 2.45) is 0 Å². The highest BCUT2D eigenvalue weighted by Crippen LogP contribution is 2.13. The first-order chi connectivity index (χ1) is 31.0. The van der Waals surface area contributed by atoms with Gasteiger partial charge in [0.2, 0.25) is 0 Å². The molecule has 0 heterocycles. The Kier molecular flexibility index (Phi) is 47.5. The molecule has 0 aliphatic carbocycles. The number of esters is 3. The van der Waals surface area contributed by atoms with Gasteiger partial charge in [-0.05, 0) is 89.9 Å². The van der Waals surface area contributed by atoms with Crippen LogP contribution < -0.4 is 0 Å². The normalized spacial score (nSPS) is 13.0. The maximum absolute atomic E-state index is 12.8. The zero-order valence-corrected chi connectivity index (χ0v) is 40.5. The fraction of sp³-hybridized carbons (Fsp3) is 0.632. The molecule has 0 spiro atoms. The van der Waals surface area contributed by atoms with Gasteiger partial charge in [-0.3, -0.25) is 14.4 Å². The number of carbonyl (C=O) groups is 3. The van der Waals surface area contributed by atoms with Gasteiger partial charge in [0, 0.05) is 19.3 Å². The fourth-order valence-electron chi connectivity index (χ4n) is 6.62. The van der Waals surface area contributed by atoms with Gasteiger partial charge in [0.1, 0.15) is 13.2 Å². The van der Waals surface area contributed by atoms with E-state index in [1.807, 2.05) is 60.8 Å². The van der Waals surface area contributed by atoms with Gasteiger partial charge in [-0.15, -0.1) is 0 Å². The molecule has 0 bridgehead atoms. The summed E-state index contributed by atoms with van der Waals surface area (Å²) in [6.07, 6.45) is 68.0. The first-order valence-electron chi connectivity index (χ1n) is 25.5. The Labute approximate surface area is 387 Å². The Morgan fingerprint density at radius 2 is 0.698 bits per heavy atom. The lowest BCUT2D eigenvalue weighted by atomic mass is 10.1. The summed E-state index contributed by atoms with van der Waals surface area (Å²) >= 11 is 0. The molecule has 0 aliphatic rings. The molecule has 6 heteroatoms. The number of carbonyl (C=O) groups excluding carboxylic acids is 3. The summed E-state index contributed by atoms with van der Waals surface area (Å²) in [5.41, 5.74) is 0. The second-order valence-corrected chi connectivity index (χ2v) is 16.5. The molecule has 0 N–H and O–H groups in total. The Hall–Kier alpha value is -3.93. The van der Waals surface area contributed by atoms with Gasteiger partial charge in [0.25, 0.3) is 0 Å². The maximum Gasteiger partial charge on any atom is 0.306 e. The summed E-state index contributed by atoms with van der Waals surface area (Å²) in [7, 11) is 0. The van der Waals surface area contributed by atoms with Gasteiger partial charge in [-0.2, -0.15) is 0 Å². The van der Waals surface area contributed by atoms with Crippen LogP contribution in [0.25, 0.3) is 0 Å². The molecule has 0 radical (unpaired) electrons. The van der Waals surface area contributed by atoms with Crippen molar-refractivity contribution in [1.29, 1.82) is 0 Å². The van der Waals surface area contributed by atoms with Crippen LogP contribution in [0.4, 0.5) is 0 Å². The van der Waals surface area contributed by atoms with E-state index in [1.165, 1.54) is 89.9 Å². The Morgan fingerprint density at radius 1 is 0.349 bits per heavy atom. The van der Waals surface area contributed by atoms with Crippen molar-refractivity contribution >= 4 is 17.9 Å². The third-order valence-electron chi connectivity index (χ3n) is 10.4. The van der Waals surface area contributed by atoms with Gasteiger partial charge < -0.3 is 14.2 Å². The lowest BCUT2D eigenvalue weighted by molar-refractivity contribution is -0.167. The SMILES string of the molecule is CC\C=C/C=C\C=C/C=C\C=C\C=C/CCCCCC(=O)OC(COC(=O)CCCC/C=C\C/C=C\CC)COC(=O)CCCCCCCCC/C=C\CCCCCCCCCC. The van der Waals surface area contributed by atoms with E-state index in [-0.39, 0.29) is 37.5 Å². The van der Waals surface area contributed by atoms with E-state index in [0.717, 1.165) is 77.0 Å². The van der Waals surface area contributed by atoms with Crippen molar-refractivity contribution < 1.29 is 28.6 Å². The van der Waals surface area contributed by atoms with Crippen LogP contribution in [0.5, 0.6) is 0 Å². The third-order valence-corrected chi connectivity index (χ3v) is 10.4. The molecular weight excluding hydrogens is 781 g/mol. The molecule has 6 nitrogen and oxygen atoms in total. The summed E-state index contributed by atoms with van der Waals surface area (Å²) in [6.45, 7) is 6.28. The molecule has 1 atom stereocenters. The predicted molar refractivity (Wildman–Crippen MR) is 270 cm³/mol. The third kappa shape index (κ3) is 49.0. The van der Waals surface area contributed by atoms with Gasteiger partial charge in [0.15, 0.2) is 6.10 Å². The lowest BCUT2D eigenvalue weighted by Gasteiger charge is -2.18. The smallest absolute Gasteiger partial charge is 0.306 e. The zero-order chi connectivity index (χ0) is 45.8. The average molecular weight is 873 g/mol. The summed E-state index contributed by atoms with van der Waals surface area (Å²) < 4.78 is 16.7. The van der Waals surface area contributed by atoms with Crippen molar-refractivity contribution in [2.75, 3.05) is 13.2 Å². The molecule has 63 heavy (non-hydrogen) atoms. The van der Waals surface area contributed by atoms with Gasteiger partial charge in [-0.1, -0.05) is 214 Å². The predicted octanol–water partition coefficient (Wildman–Crippen LogP) is 16.8. The van der Waals surface area contributed by atoms with Crippen molar-refractivity contribution in [2.45, 2.75) is 219 Å². The molecule has 0 aromatic rings. The van der Waals surface area contributed by atoms with Crippen LogP contribution in [0.15, 0.2) is 109 Å². The van der Waals surface area contributed by atoms with Crippen molar-refractivity contribution in [3.8, 4) is 0 Å². The topological polar surface area (TPSA) is 78.9 Å². The van der Waals surface area contributed by atoms with E-state index in [1.54, 1.807) is 0 Å². The quantitative estimate of drug-likeness (QED) is 0.0199. The molecule has 0 saturated carbocycles. The average Bonchev–Trinajstić information content (AvgIpc) is 3.28. The summed E-state index contributed by atoms with van der Waals surface area (Å²) in [5, 5.41) is 0. The molecule has 0 aromatic carbocycles. The Morgan fingerprint density at radius 3 is 1.21 bits per heavy atom. The van der Waals surface area contributed by atoms with E-state index in [0.29, 0.717) is 19.3 Å². The fourth-order valence-corrected chi connectivity index (χ4v) is 6.62. The zero-order valence-electron chi connectivity index (χ0n) is 40.5. The van der Waals surface area contributed by atoms with E-state index < -0.39 is 6.10 Å². The van der Waals surface area contributed by atoms with Crippen LogP contribution in [0.3, 0.4) is 0 Å². The molecule has 0 rings (SSSR count). The molecular formula is C57H92O6. The largest absolute Gasteiger partial charge is 0.462 e. The minimum absolute atomic E-state index is 0.111. The lowest BCUT2D eigenvalue weighted by Crippen LogP contribution is -2.30. The summed E-state index contributed by atoms with van der Waals surface area (Å²) in [5.74, 6) is -1.00. The summed E-state index contributed by atoms with van der Waals surface area (Å²) in [4.78, 5) is 37.9. The summed E-state index contributed by atoms with van der Waals surface area (Å²) in [6, 6.07) is 0. The van der Waals surface area contributed by atoms with Crippen LogP contribution in [-0.4, -0.2) is 37.2 Å². The second-order valence-electron chi connectivity index (χ2n) is 16.5. The molecule has 0 aliphatic heterocycles. The van der Waals surface area contributed by atoms with E-state index in [2.05, 4.69) is 69.4 Å². The molecule has 0 amide bonds. The van der Waals surface area contributed by atoms with Crippen LogP contribution >= 0.6 is 0 Å². The van der Waals surface area contributed by atoms with Crippen molar-refractivity contribution in [1.82, 2.24) is 0 Å². The van der Waals surface area contributed by atoms with Crippen LogP contribution in [0.2, 0.25) is 0 Å². The van der Waals surface area contributed by atoms with Gasteiger partial charge in [-0.25, -0.2) is 0 Å². The van der Waals surface area contributed by atoms with Gasteiger partial charge >= 0.3 is 17.9 Å². The standard InChI is InChI=1S/C57H92O6/c1-4-7-10-13-16-19-21-23-25-27-28-30-31-33-35-38-41-44-47-50-56(59)62-53-54(52-61-55(58)49-46-43-40-37-18-15-12-9-6-3)63-57(60)51-48-45-42-39-36-34-32-29-26-24-22-20-17-14-11-8-5-2/h8-9,11-12,14,17-18,20,22,24,26-29,32,34,36-37,54H,4-7,10,13,15-16,19,21,23,25,30-31,33,35,38-53H2,1-3H3/b11-8-,12-9-,17-14-,22-20-,26-24-,28-27-,32-29+,36-34-,37-18-. The minimum Gasteiger partial charge on any atom is -0.462 e. The monoisotopic (exact) mass is 873 g/mol. The Balaban J connectivity index is 4.44. The molecule has 356 valence electrons. The molecule has 0 aromatic heterocycles. The minimum atomic E-state index is -0.817. The van der Waals surface area contributed by atoms with Gasteiger partial charge in [0.05, 0.1) is 0 Å². The van der Waals surface area contributed by atoms with Crippen LogP contribution in [0, 0.1) is 0 Å². The van der Waals surface area contributed by atoms with E-state index in [9.17, 15) is 14.4 Å². The number of unbranched alkanes of at least 4 members (excludes halogenated alkanes) is 20. The maximum atomic E-state index is 12.8. The number of allylic oxidation sites excluding steroid dienone is 18. The first kappa shape index (κ1) is 59.1. The van der Waals surface area contributed by atoms with Crippen LogP contribution in [-0.2, 0) is 28.6 Å². The number of hydrogen-bond acceptors (Lipinski definition) is 6. The highest BCUT2D eigenvalue weighted by Gasteiger charge is 2.19. The van der Waals surface area contributed by atoms with E-state index >= 15 is 0 Å². The number of hydrogen-bond donors (Lipinski definition) is 0. The second kappa shape index (κ2) is 50.7. The van der Waals surface area contributed by atoms with Crippen molar-refractivity contribution in [3.63, 3.8) is 0 Å².